The van der Waals surface area contributed by atoms with Gasteiger partial charge in [-0.05, 0) is 55.5 Å². The summed E-state index contributed by atoms with van der Waals surface area (Å²) in [6, 6.07) is 17.3. The van der Waals surface area contributed by atoms with E-state index in [4.69, 9.17) is 0 Å². The van der Waals surface area contributed by atoms with E-state index in [0.717, 1.165) is 38.8 Å². The lowest BCUT2D eigenvalue weighted by atomic mass is 10.1. The summed E-state index contributed by atoms with van der Waals surface area (Å²) < 4.78 is 0. The van der Waals surface area contributed by atoms with E-state index in [1.165, 1.54) is 5.56 Å². The van der Waals surface area contributed by atoms with E-state index in [1.807, 2.05) is 23.1 Å². The smallest absolute Gasteiger partial charge is 0.321 e. The third-order valence-electron chi connectivity index (χ3n) is 4.92. The van der Waals surface area contributed by atoms with E-state index in [2.05, 4.69) is 17.4 Å². The van der Waals surface area contributed by atoms with E-state index < -0.39 is 0 Å². The zero-order chi connectivity index (χ0) is 19.1. The largest absolute Gasteiger partial charge is 0.339 e. The minimum Gasteiger partial charge on any atom is -0.339 e. The quantitative estimate of drug-likeness (QED) is 0.841. The summed E-state index contributed by atoms with van der Waals surface area (Å²) >= 11 is 0. The number of nitrogens with one attached hydrogen (secondary N) is 1. The minimum atomic E-state index is -0.137. The molecule has 1 N–H and O–H groups in total. The topological polar surface area (TPSA) is 52.7 Å². The second kappa shape index (κ2) is 9.21. The maximum atomic E-state index is 12.4. The number of anilines is 1. The Hall–Kier alpha value is -2.82. The molecule has 3 amide bonds. The number of carbonyl (C=O) groups excluding carboxylic acids is 2. The highest BCUT2D eigenvalue weighted by Crippen LogP contribution is 2.16. The number of likely N-dealkylation sites (tertiary alicyclic amines) is 1. The number of urea groups is 1. The number of hydrogen-bond donors (Lipinski definition) is 1. The fourth-order valence-corrected chi connectivity index (χ4v) is 3.28. The number of hydrogen-bond acceptors (Lipinski definition) is 2. The molecule has 1 aliphatic rings. The molecule has 2 aromatic rings. The molecule has 142 valence electrons. The Morgan fingerprint density at radius 3 is 2.33 bits per heavy atom. The van der Waals surface area contributed by atoms with Gasteiger partial charge in [0.25, 0.3) is 5.91 Å². The van der Waals surface area contributed by atoms with Crippen LogP contribution in [0.4, 0.5) is 10.5 Å². The molecule has 0 radical (unpaired) electrons. The summed E-state index contributed by atoms with van der Waals surface area (Å²) in [6.07, 6.45) is 4.02. The highest BCUT2D eigenvalue weighted by atomic mass is 16.2. The predicted molar refractivity (Wildman–Crippen MR) is 108 cm³/mol. The lowest BCUT2D eigenvalue weighted by Crippen LogP contribution is -2.32. The van der Waals surface area contributed by atoms with Gasteiger partial charge in [0.2, 0.25) is 0 Å². The number of aryl methyl sites for hydroxylation is 1. The third-order valence-corrected chi connectivity index (χ3v) is 4.92. The van der Waals surface area contributed by atoms with E-state index in [0.29, 0.717) is 17.8 Å². The summed E-state index contributed by atoms with van der Waals surface area (Å²) in [4.78, 5) is 28.2. The first-order valence-corrected chi connectivity index (χ1v) is 9.59. The molecule has 0 spiro atoms. The Labute approximate surface area is 161 Å². The highest BCUT2D eigenvalue weighted by molar-refractivity contribution is 5.95. The summed E-state index contributed by atoms with van der Waals surface area (Å²) in [5.41, 5.74) is 2.66. The molecule has 0 bridgehead atoms. The van der Waals surface area contributed by atoms with Gasteiger partial charge in [-0.15, -0.1) is 0 Å². The van der Waals surface area contributed by atoms with Crippen molar-refractivity contribution in [2.24, 2.45) is 0 Å². The van der Waals surface area contributed by atoms with Crippen molar-refractivity contribution in [1.29, 1.82) is 0 Å². The lowest BCUT2D eigenvalue weighted by molar-refractivity contribution is 0.0793. The summed E-state index contributed by atoms with van der Waals surface area (Å²) in [6.45, 7) is 2.36. The molecular weight excluding hydrogens is 338 g/mol. The Morgan fingerprint density at radius 2 is 1.67 bits per heavy atom. The fourth-order valence-electron chi connectivity index (χ4n) is 3.28. The van der Waals surface area contributed by atoms with E-state index in [-0.39, 0.29) is 11.9 Å². The SMILES string of the molecule is CN(CCCc1ccccc1)C(=O)Nc1ccc(C(=O)N2CCCC2)cc1. The van der Waals surface area contributed by atoms with Gasteiger partial charge in [0.15, 0.2) is 0 Å². The summed E-state index contributed by atoms with van der Waals surface area (Å²) in [7, 11) is 1.80. The minimum absolute atomic E-state index is 0.0726. The Kier molecular flexibility index (Phi) is 6.47. The van der Waals surface area contributed by atoms with Gasteiger partial charge in [-0.1, -0.05) is 30.3 Å². The second-order valence-electron chi connectivity index (χ2n) is 7.02. The highest BCUT2D eigenvalue weighted by Gasteiger charge is 2.19. The Bertz CT molecular complexity index is 753. The molecule has 1 aliphatic heterocycles. The van der Waals surface area contributed by atoms with Crippen LogP contribution >= 0.6 is 0 Å². The van der Waals surface area contributed by atoms with Gasteiger partial charge in [0.05, 0.1) is 0 Å². The van der Waals surface area contributed by atoms with Crippen LogP contribution in [0.25, 0.3) is 0 Å². The third kappa shape index (κ3) is 5.33. The fraction of sp³-hybridized carbons (Fsp3) is 0.364. The van der Waals surface area contributed by atoms with Crippen molar-refractivity contribution in [3.05, 3.63) is 65.7 Å². The van der Waals surface area contributed by atoms with Crippen molar-refractivity contribution < 1.29 is 9.59 Å². The molecule has 1 saturated heterocycles. The van der Waals surface area contributed by atoms with E-state index >= 15 is 0 Å². The van der Waals surface area contributed by atoms with Crippen LogP contribution in [-0.2, 0) is 6.42 Å². The molecule has 27 heavy (non-hydrogen) atoms. The normalized spacial score (nSPS) is 13.4. The van der Waals surface area contributed by atoms with Crippen LogP contribution < -0.4 is 5.32 Å². The lowest BCUT2D eigenvalue weighted by Gasteiger charge is -2.18. The van der Waals surface area contributed by atoms with Crippen LogP contribution in [0, 0.1) is 0 Å². The monoisotopic (exact) mass is 365 g/mol. The summed E-state index contributed by atoms with van der Waals surface area (Å²) in [5, 5.41) is 2.89. The van der Waals surface area contributed by atoms with Crippen molar-refractivity contribution in [3.8, 4) is 0 Å². The van der Waals surface area contributed by atoms with Crippen LogP contribution in [0.5, 0.6) is 0 Å². The van der Waals surface area contributed by atoms with Crippen molar-refractivity contribution in [1.82, 2.24) is 9.80 Å². The first kappa shape index (κ1) is 19.0. The molecule has 0 unspecified atom stereocenters. The Morgan fingerprint density at radius 1 is 1.00 bits per heavy atom. The van der Waals surface area contributed by atoms with Gasteiger partial charge >= 0.3 is 6.03 Å². The number of carbonyl (C=O) groups is 2. The van der Waals surface area contributed by atoms with Gasteiger partial charge in [0, 0.05) is 37.9 Å². The van der Waals surface area contributed by atoms with Gasteiger partial charge in [-0.2, -0.15) is 0 Å². The average Bonchev–Trinajstić information content (AvgIpc) is 3.23. The molecule has 2 aromatic carbocycles. The molecule has 0 atom stereocenters. The van der Waals surface area contributed by atoms with Crippen LogP contribution in [-0.4, -0.2) is 48.4 Å². The zero-order valence-electron chi connectivity index (χ0n) is 15.9. The van der Waals surface area contributed by atoms with Gasteiger partial charge in [-0.3, -0.25) is 4.79 Å². The van der Waals surface area contributed by atoms with Crippen molar-refractivity contribution in [3.63, 3.8) is 0 Å². The summed E-state index contributed by atoms with van der Waals surface area (Å²) in [5.74, 6) is 0.0726. The van der Waals surface area contributed by atoms with E-state index in [1.54, 1.807) is 36.2 Å². The van der Waals surface area contributed by atoms with E-state index in [9.17, 15) is 9.59 Å². The first-order valence-electron chi connectivity index (χ1n) is 9.59. The van der Waals surface area contributed by atoms with Gasteiger partial charge < -0.3 is 15.1 Å². The van der Waals surface area contributed by atoms with Crippen LogP contribution in [0.15, 0.2) is 54.6 Å². The number of nitrogens with zero attached hydrogens (tertiary/aromatic N) is 2. The molecule has 1 fully saturated rings. The predicted octanol–water partition coefficient (Wildman–Crippen LogP) is 4.02. The molecular formula is C22H27N3O2. The molecule has 5 nitrogen and oxygen atoms in total. The Balaban J connectivity index is 1.46. The maximum absolute atomic E-state index is 12.4. The first-order chi connectivity index (χ1) is 13.1. The van der Waals surface area contributed by atoms with Gasteiger partial charge in [-0.25, -0.2) is 4.79 Å². The van der Waals surface area contributed by atoms with Crippen molar-refractivity contribution in [2.75, 3.05) is 32.0 Å². The molecule has 5 heteroatoms. The van der Waals surface area contributed by atoms with Crippen molar-refractivity contribution >= 4 is 17.6 Å². The molecule has 0 aromatic heterocycles. The van der Waals surface area contributed by atoms with Gasteiger partial charge in [0.1, 0.15) is 0 Å². The number of amides is 3. The maximum Gasteiger partial charge on any atom is 0.321 e. The molecule has 0 aliphatic carbocycles. The van der Waals surface area contributed by atoms with Crippen molar-refractivity contribution in [2.45, 2.75) is 25.7 Å². The zero-order valence-corrected chi connectivity index (χ0v) is 15.9. The van der Waals surface area contributed by atoms with Crippen LogP contribution in [0.3, 0.4) is 0 Å². The average molecular weight is 365 g/mol. The molecule has 0 saturated carbocycles. The van der Waals surface area contributed by atoms with Crippen LogP contribution in [0.2, 0.25) is 0 Å². The molecule has 1 heterocycles. The second-order valence-corrected chi connectivity index (χ2v) is 7.02. The standard InChI is InChI=1S/C22H27N3O2/c1-24(15-7-10-18-8-3-2-4-9-18)22(27)23-20-13-11-19(12-14-20)21(26)25-16-5-6-17-25/h2-4,8-9,11-14H,5-7,10,15-17H2,1H3,(H,23,27). The molecule has 3 rings (SSSR count). The number of rotatable bonds is 6. The number of benzene rings is 2. The van der Waals surface area contributed by atoms with Crippen LogP contribution in [0.1, 0.15) is 35.2 Å².